The summed E-state index contributed by atoms with van der Waals surface area (Å²) < 4.78 is 27.6. The minimum atomic E-state index is -3.28. The van der Waals surface area contributed by atoms with Crippen molar-refractivity contribution in [1.29, 1.82) is 0 Å². The van der Waals surface area contributed by atoms with Crippen molar-refractivity contribution in [2.45, 2.75) is 32.1 Å². The van der Waals surface area contributed by atoms with Gasteiger partial charge in [0.05, 0.1) is 22.5 Å². The minimum Gasteiger partial charge on any atom is -0.322 e. The Kier molecular flexibility index (Phi) is 5.41. The Bertz CT molecular complexity index is 1480. The first-order valence-electron chi connectivity index (χ1n) is 10.9. The van der Waals surface area contributed by atoms with Crippen molar-refractivity contribution in [2.75, 3.05) is 18.4 Å². The lowest BCUT2D eigenvalue weighted by Gasteiger charge is -2.37. The Morgan fingerprint density at radius 3 is 2.74 bits per heavy atom. The van der Waals surface area contributed by atoms with Gasteiger partial charge in [0.1, 0.15) is 6.04 Å². The third-order valence-corrected chi connectivity index (χ3v) is 8.16. The summed E-state index contributed by atoms with van der Waals surface area (Å²) in [5, 5.41) is 19.4. The van der Waals surface area contributed by atoms with E-state index in [9.17, 15) is 13.2 Å². The molecule has 4 aromatic rings. The van der Waals surface area contributed by atoms with Crippen LogP contribution < -0.4 is 5.32 Å². The second kappa shape index (κ2) is 8.29. The number of nitrogens with one attached hydrogen (secondary N) is 1. The summed E-state index contributed by atoms with van der Waals surface area (Å²) in [6, 6.07) is 10.9. The van der Waals surface area contributed by atoms with Gasteiger partial charge in [0, 0.05) is 30.5 Å². The van der Waals surface area contributed by atoms with Gasteiger partial charge in [-0.3, -0.25) is 4.79 Å². The van der Waals surface area contributed by atoms with E-state index in [2.05, 4.69) is 25.8 Å². The normalized spacial score (nSPS) is 15.1. The summed E-state index contributed by atoms with van der Waals surface area (Å²) >= 11 is 0. The van der Waals surface area contributed by atoms with Crippen LogP contribution in [0.15, 0.2) is 48.8 Å². The molecule has 0 atom stereocenters. The maximum Gasteiger partial charge on any atom is 0.259 e. The fourth-order valence-electron chi connectivity index (χ4n) is 3.76. The molecule has 1 amide bonds. The van der Waals surface area contributed by atoms with Gasteiger partial charge in [-0.1, -0.05) is 18.2 Å². The maximum atomic E-state index is 12.9. The van der Waals surface area contributed by atoms with Crippen LogP contribution in [0.1, 0.15) is 35.8 Å². The Hall–Kier alpha value is -3.64. The van der Waals surface area contributed by atoms with Crippen molar-refractivity contribution in [3.8, 4) is 11.4 Å². The smallest absolute Gasteiger partial charge is 0.259 e. The van der Waals surface area contributed by atoms with Crippen LogP contribution >= 0.6 is 0 Å². The molecule has 1 saturated heterocycles. The number of anilines is 1. The van der Waals surface area contributed by atoms with E-state index in [-0.39, 0.29) is 11.9 Å². The Labute approximate surface area is 196 Å². The molecule has 1 aromatic carbocycles. The van der Waals surface area contributed by atoms with Gasteiger partial charge in [-0.2, -0.15) is 14.2 Å². The number of hydrogen-bond acceptors (Lipinski definition) is 7. The average Bonchev–Trinajstić information content (AvgIpc) is 3.41. The third kappa shape index (κ3) is 3.84. The lowest BCUT2D eigenvalue weighted by molar-refractivity contribution is 0.102. The fraction of sp³-hybridized carbons (Fsp3) is 0.318. The van der Waals surface area contributed by atoms with E-state index in [1.807, 2.05) is 37.3 Å². The molecule has 0 unspecified atom stereocenters. The summed E-state index contributed by atoms with van der Waals surface area (Å²) in [7, 11) is -3.28. The topological polar surface area (TPSA) is 127 Å². The van der Waals surface area contributed by atoms with Crippen molar-refractivity contribution in [2.24, 2.45) is 0 Å². The highest BCUT2D eigenvalue weighted by Gasteiger charge is 2.39. The van der Waals surface area contributed by atoms with Crippen LogP contribution in [0.25, 0.3) is 16.9 Å². The van der Waals surface area contributed by atoms with Gasteiger partial charge in [-0.15, -0.1) is 10.2 Å². The van der Waals surface area contributed by atoms with E-state index >= 15 is 0 Å². The number of aromatic nitrogens is 6. The Balaban J connectivity index is 1.33. The van der Waals surface area contributed by atoms with Gasteiger partial charge in [0.15, 0.2) is 0 Å². The molecule has 1 fully saturated rings. The molecule has 0 aliphatic carbocycles. The van der Waals surface area contributed by atoms with Gasteiger partial charge in [-0.25, -0.2) is 12.9 Å². The summed E-state index contributed by atoms with van der Waals surface area (Å²) in [4.78, 5) is 14.4. The Morgan fingerprint density at radius 2 is 1.97 bits per heavy atom. The number of fused-ring (bicyclic) bond motifs is 1. The molecule has 176 valence electrons. The number of carbonyl (C=O) groups is 1. The number of amides is 1. The maximum absolute atomic E-state index is 12.9. The van der Waals surface area contributed by atoms with E-state index < -0.39 is 15.3 Å². The van der Waals surface area contributed by atoms with Crippen LogP contribution in [0, 0.1) is 6.92 Å². The van der Waals surface area contributed by atoms with Crippen LogP contribution in [0.5, 0.6) is 0 Å². The molecule has 0 bridgehead atoms. The standard InChI is InChI=1S/C22H24N8O3S/c1-14(2)34(32,33)28-12-17(13-28)30-26-21(25-27-30)16-8-7-15(3)19(10-16)24-22(31)18-11-23-29-9-5-4-6-20(18)29/h4-11,14,17H,12-13H2,1-3H3,(H,24,31). The first-order valence-corrected chi connectivity index (χ1v) is 12.4. The number of pyridine rings is 1. The first-order chi connectivity index (χ1) is 16.2. The summed E-state index contributed by atoms with van der Waals surface area (Å²) in [6.07, 6.45) is 3.32. The van der Waals surface area contributed by atoms with Crippen LogP contribution in [0.4, 0.5) is 5.69 Å². The zero-order chi connectivity index (χ0) is 24.0. The summed E-state index contributed by atoms with van der Waals surface area (Å²) in [5.74, 6) is 0.135. The van der Waals surface area contributed by atoms with E-state index in [0.717, 1.165) is 5.56 Å². The van der Waals surface area contributed by atoms with Gasteiger partial charge in [0.2, 0.25) is 15.8 Å². The molecule has 4 heterocycles. The van der Waals surface area contributed by atoms with Crippen molar-refractivity contribution >= 4 is 27.1 Å². The highest BCUT2D eigenvalue weighted by Crippen LogP contribution is 2.27. The number of hydrogen-bond donors (Lipinski definition) is 1. The lowest BCUT2D eigenvalue weighted by Crippen LogP contribution is -2.53. The Morgan fingerprint density at radius 1 is 1.18 bits per heavy atom. The van der Waals surface area contributed by atoms with Crippen LogP contribution in [0.3, 0.4) is 0 Å². The van der Waals surface area contributed by atoms with Crippen molar-refractivity contribution < 1.29 is 13.2 Å². The van der Waals surface area contributed by atoms with E-state index in [0.29, 0.717) is 41.2 Å². The van der Waals surface area contributed by atoms with Crippen LogP contribution in [0.2, 0.25) is 0 Å². The minimum absolute atomic E-state index is 0.157. The second-order valence-electron chi connectivity index (χ2n) is 8.57. The molecule has 3 aromatic heterocycles. The number of tetrazole rings is 1. The average molecular weight is 481 g/mol. The number of carbonyl (C=O) groups excluding carboxylic acids is 1. The van der Waals surface area contributed by atoms with Gasteiger partial charge >= 0.3 is 0 Å². The molecular weight excluding hydrogens is 456 g/mol. The molecule has 12 heteroatoms. The van der Waals surface area contributed by atoms with E-state index in [1.165, 1.54) is 9.10 Å². The number of nitrogens with zero attached hydrogens (tertiary/aromatic N) is 7. The van der Waals surface area contributed by atoms with Crippen molar-refractivity contribution in [1.82, 2.24) is 34.1 Å². The highest BCUT2D eigenvalue weighted by molar-refractivity contribution is 7.89. The highest BCUT2D eigenvalue weighted by atomic mass is 32.2. The molecule has 0 spiro atoms. The molecule has 34 heavy (non-hydrogen) atoms. The predicted octanol–water partition coefficient (Wildman–Crippen LogP) is 2.14. The van der Waals surface area contributed by atoms with Crippen molar-refractivity contribution in [3.05, 3.63) is 59.9 Å². The molecule has 0 radical (unpaired) electrons. The predicted molar refractivity (Wildman–Crippen MR) is 126 cm³/mol. The number of aryl methyl sites for hydroxylation is 1. The molecule has 0 saturated carbocycles. The van der Waals surface area contributed by atoms with Crippen LogP contribution in [-0.2, 0) is 10.0 Å². The lowest BCUT2D eigenvalue weighted by atomic mass is 10.1. The molecular formula is C22H24N8O3S. The van der Waals surface area contributed by atoms with Gasteiger partial charge in [-0.05, 0) is 49.7 Å². The zero-order valence-electron chi connectivity index (χ0n) is 19.0. The quantitative estimate of drug-likeness (QED) is 0.448. The molecule has 1 N–H and O–H groups in total. The van der Waals surface area contributed by atoms with E-state index in [4.69, 9.17) is 0 Å². The van der Waals surface area contributed by atoms with Crippen LogP contribution in [-0.4, -0.2) is 66.8 Å². The van der Waals surface area contributed by atoms with Crippen molar-refractivity contribution in [3.63, 3.8) is 0 Å². The monoisotopic (exact) mass is 480 g/mol. The summed E-state index contributed by atoms with van der Waals surface area (Å²) in [6.45, 7) is 5.88. The fourth-order valence-corrected chi connectivity index (χ4v) is 5.11. The zero-order valence-corrected chi connectivity index (χ0v) is 19.8. The molecule has 5 rings (SSSR count). The summed E-state index contributed by atoms with van der Waals surface area (Å²) in [5.41, 5.74) is 3.40. The third-order valence-electron chi connectivity index (χ3n) is 5.95. The van der Waals surface area contributed by atoms with Gasteiger partial charge < -0.3 is 5.32 Å². The first kappa shape index (κ1) is 22.2. The molecule has 1 aliphatic heterocycles. The molecule has 1 aliphatic rings. The SMILES string of the molecule is Cc1ccc(-c2nnn(C3CN(S(=O)(=O)C(C)C)C3)n2)cc1NC(=O)c1cnn2ccccc12. The van der Waals surface area contributed by atoms with E-state index in [1.54, 1.807) is 36.8 Å². The largest absolute Gasteiger partial charge is 0.322 e. The second-order valence-corrected chi connectivity index (χ2v) is 11.1. The number of benzene rings is 1. The molecule has 11 nitrogen and oxygen atoms in total. The number of sulfonamides is 1. The number of rotatable bonds is 6. The van der Waals surface area contributed by atoms with Gasteiger partial charge in [0.25, 0.3) is 5.91 Å².